The van der Waals surface area contributed by atoms with Crippen LogP contribution in [-0.2, 0) is 13.1 Å². The number of nitrogens with one attached hydrogen (secondary N) is 1. The van der Waals surface area contributed by atoms with Gasteiger partial charge in [-0.05, 0) is 23.3 Å². The first-order valence-corrected chi connectivity index (χ1v) is 10.8. The van der Waals surface area contributed by atoms with Crippen LogP contribution in [0.25, 0.3) is 0 Å². The van der Waals surface area contributed by atoms with Crippen molar-refractivity contribution >= 4 is 28.7 Å². The van der Waals surface area contributed by atoms with Crippen LogP contribution >= 0.6 is 0 Å². The topological polar surface area (TPSA) is 133 Å². The van der Waals surface area contributed by atoms with E-state index in [1.54, 1.807) is 21.3 Å². The molecule has 11 nitrogen and oxygen atoms in total. The second-order valence-electron chi connectivity index (χ2n) is 7.98. The van der Waals surface area contributed by atoms with Crippen LogP contribution in [0.1, 0.15) is 21.5 Å². The molecule has 3 aromatic carbocycles. The molecule has 0 radical (unpaired) electrons. The molecule has 0 saturated heterocycles. The summed E-state index contributed by atoms with van der Waals surface area (Å²) < 4.78 is 21.5. The quantitative estimate of drug-likeness (QED) is 0.321. The number of fused-ring (bicyclic) bond motifs is 1. The van der Waals surface area contributed by atoms with Crippen molar-refractivity contribution in [2.45, 2.75) is 13.1 Å². The van der Waals surface area contributed by atoms with Crippen LogP contribution in [0.3, 0.4) is 0 Å². The van der Waals surface area contributed by atoms with Gasteiger partial charge in [0.05, 0.1) is 44.6 Å². The third-order valence-corrected chi connectivity index (χ3v) is 5.97. The molecule has 11 heteroatoms. The molecule has 2 N–H and O–H groups in total. The molecule has 36 heavy (non-hydrogen) atoms. The van der Waals surface area contributed by atoms with Gasteiger partial charge in [-0.2, -0.15) is 0 Å². The fraction of sp³-hybridized carbons (Fsp3) is 0.240. The molecule has 1 heterocycles. The highest BCUT2D eigenvalue weighted by Crippen LogP contribution is 2.43. The summed E-state index contributed by atoms with van der Waals surface area (Å²) in [5, 5.41) is 24.0. The highest BCUT2D eigenvalue weighted by Gasteiger charge is 2.25. The average molecular weight is 495 g/mol. The normalized spacial score (nSPS) is 12.1. The predicted molar refractivity (Wildman–Crippen MR) is 132 cm³/mol. The van der Waals surface area contributed by atoms with Gasteiger partial charge in [0.25, 0.3) is 0 Å². The van der Waals surface area contributed by atoms with Gasteiger partial charge < -0.3 is 34.3 Å². The SMILES string of the molecule is COc1cc(Nc2ccc3c(c2)CN(c2cc(OC)c(OC)c(OC)c2)C3)c(C(=O)O)cc1[N+](=O)[O-]. The van der Waals surface area contributed by atoms with E-state index in [2.05, 4.69) is 10.2 Å². The van der Waals surface area contributed by atoms with Crippen LogP contribution < -0.4 is 29.2 Å². The number of methoxy groups -OCH3 is 4. The van der Waals surface area contributed by atoms with Gasteiger partial charge in [0, 0.05) is 48.7 Å². The molecule has 0 fully saturated rings. The van der Waals surface area contributed by atoms with Crippen LogP contribution in [0.15, 0.2) is 42.5 Å². The first-order valence-electron chi connectivity index (χ1n) is 10.8. The van der Waals surface area contributed by atoms with Crippen LogP contribution in [0.4, 0.5) is 22.7 Å². The number of nitro groups is 1. The van der Waals surface area contributed by atoms with Crippen molar-refractivity contribution in [3.63, 3.8) is 0 Å². The van der Waals surface area contributed by atoms with Crippen LogP contribution in [0.5, 0.6) is 23.0 Å². The Morgan fingerprint density at radius 3 is 2.11 bits per heavy atom. The maximum absolute atomic E-state index is 11.8. The lowest BCUT2D eigenvalue weighted by atomic mass is 10.1. The number of nitrogens with zero attached hydrogens (tertiary/aromatic N) is 2. The minimum Gasteiger partial charge on any atom is -0.493 e. The third-order valence-electron chi connectivity index (χ3n) is 5.97. The van der Waals surface area contributed by atoms with Crippen LogP contribution in [0.2, 0.25) is 0 Å². The highest BCUT2D eigenvalue weighted by molar-refractivity contribution is 5.97. The maximum Gasteiger partial charge on any atom is 0.338 e. The molecular weight excluding hydrogens is 470 g/mol. The van der Waals surface area contributed by atoms with Gasteiger partial charge in [-0.1, -0.05) is 6.07 Å². The number of benzene rings is 3. The molecule has 3 aromatic rings. The molecule has 4 rings (SSSR count). The van der Waals surface area contributed by atoms with Gasteiger partial charge >= 0.3 is 11.7 Å². The number of carbonyl (C=O) groups is 1. The van der Waals surface area contributed by atoms with Gasteiger partial charge in [-0.25, -0.2) is 4.79 Å². The van der Waals surface area contributed by atoms with Gasteiger partial charge in [-0.3, -0.25) is 10.1 Å². The number of anilines is 3. The fourth-order valence-corrected chi connectivity index (χ4v) is 4.22. The lowest BCUT2D eigenvalue weighted by Gasteiger charge is -2.21. The largest absolute Gasteiger partial charge is 0.493 e. The van der Waals surface area contributed by atoms with Crippen molar-refractivity contribution in [2.24, 2.45) is 0 Å². The zero-order valence-corrected chi connectivity index (χ0v) is 20.2. The van der Waals surface area contributed by atoms with E-state index in [1.165, 1.54) is 13.2 Å². The Morgan fingerprint density at radius 2 is 1.56 bits per heavy atom. The summed E-state index contributed by atoms with van der Waals surface area (Å²) in [4.78, 5) is 24.6. The summed E-state index contributed by atoms with van der Waals surface area (Å²) in [7, 11) is 5.98. The fourth-order valence-electron chi connectivity index (χ4n) is 4.22. The van der Waals surface area contributed by atoms with Gasteiger partial charge in [0.2, 0.25) is 5.75 Å². The zero-order valence-electron chi connectivity index (χ0n) is 20.2. The van der Waals surface area contributed by atoms with E-state index in [-0.39, 0.29) is 17.0 Å². The number of hydrogen-bond donors (Lipinski definition) is 2. The Bertz CT molecular complexity index is 1320. The lowest BCUT2D eigenvalue weighted by Crippen LogP contribution is -2.14. The van der Waals surface area contributed by atoms with Crippen LogP contribution in [-0.4, -0.2) is 44.4 Å². The van der Waals surface area contributed by atoms with Crippen molar-refractivity contribution in [2.75, 3.05) is 38.7 Å². The monoisotopic (exact) mass is 495 g/mol. The Balaban J connectivity index is 1.63. The Labute approximate surface area is 206 Å². The van der Waals surface area contributed by atoms with Gasteiger partial charge in [-0.15, -0.1) is 0 Å². The first kappa shape index (κ1) is 24.5. The Morgan fingerprint density at radius 1 is 0.917 bits per heavy atom. The molecule has 0 atom stereocenters. The summed E-state index contributed by atoms with van der Waals surface area (Å²) in [6.07, 6.45) is 0. The Kier molecular flexibility index (Phi) is 6.73. The summed E-state index contributed by atoms with van der Waals surface area (Å²) in [5.41, 5.74) is 3.21. The summed E-state index contributed by atoms with van der Waals surface area (Å²) in [5.74, 6) is 0.289. The molecule has 0 amide bonds. The minimum absolute atomic E-state index is 0.0396. The molecule has 1 aliphatic rings. The average Bonchev–Trinajstić information content (AvgIpc) is 3.30. The van der Waals surface area contributed by atoms with E-state index < -0.39 is 16.6 Å². The summed E-state index contributed by atoms with van der Waals surface area (Å²) >= 11 is 0. The molecule has 0 unspecified atom stereocenters. The smallest absolute Gasteiger partial charge is 0.338 e. The van der Waals surface area contributed by atoms with Crippen LogP contribution in [0, 0.1) is 10.1 Å². The Hall–Kier alpha value is -4.67. The highest BCUT2D eigenvalue weighted by atomic mass is 16.6. The second kappa shape index (κ2) is 9.90. The second-order valence-corrected chi connectivity index (χ2v) is 7.98. The van der Waals surface area contributed by atoms with Crippen molar-refractivity contribution in [3.05, 3.63) is 69.3 Å². The van der Waals surface area contributed by atoms with E-state index >= 15 is 0 Å². The van der Waals surface area contributed by atoms with Gasteiger partial charge in [0.15, 0.2) is 17.2 Å². The summed E-state index contributed by atoms with van der Waals surface area (Å²) in [6.45, 7) is 1.25. The predicted octanol–water partition coefficient (Wildman–Crippen LogP) is 4.59. The first-order chi connectivity index (χ1) is 17.3. The van der Waals surface area contributed by atoms with E-state index in [1.807, 2.05) is 30.3 Å². The van der Waals surface area contributed by atoms with E-state index in [4.69, 9.17) is 18.9 Å². The number of rotatable bonds is 9. The molecule has 1 aliphatic heterocycles. The molecule has 0 spiro atoms. The number of ether oxygens (including phenoxy) is 4. The van der Waals surface area contributed by atoms with Crippen molar-refractivity contribution in [1.29, 1.82) is 0 Å². The minimum atomic E-state index is -1.29. The van der Waals surface area contributed by atoms with Crippen molar-refractivity contribution < 1.29 is 33.8 Å². The van der Waals surface area contributed by atoms with E-state index in [0.29, 0.717) is 36.0 Å². The third kappa shape index (κ3) is 4.50. The van der Waals surface area contributed by atoms with Gasteiger partial charge in [0.1, 0.15) is 0 Å². The maximum atomic E-state index is 11.8. The zero-order chi connectivity index (χ0) is 26.0. The molecule has 0 aromatic heterocycles. The summed E-state index contributed by atoms with van der Waals surface area (Å²) in [6, 6.07) is 11.8. The number of hydrogen-bond acceptors (Lipinski definition) is 9. The van der Waals surface area contributed by atoms with Crippen molar-refractivity contribution in [3.8, 4) is 23.0 Å². The van der Waals surface area contributed by atoms with E-state index in [9.17, 15) is 20.0 Å². The lowest BCUT2D eigenvalue weighted by molar-refractivity contribution is -0.385. The molecule has 188 valence electrons. The number of aromatic carboxylic acids is 1. The molecule has 0 bridgehead atoms. The molecular formula is C25H25N3O8. The number of carboxylic acid groups (broad SMARTS) is 1. The standard InChI is InChI=1S/C25H25N3O8/c1-33-21-11-19(18(25(29)30)10-20(21)28(31)32)26-16-6-5-14-12-27(13-15(14)7-16)17-8-22(34-2)24(36-4)23(9-17)35-3/h5-11,26H,12-13H2,1-4H3,(H,29,30). The molecule has 0 aliphatic carbocycles. The molecule has 0 saturated carbocycles. The van der Waals surface area contributed by atoms with E-state index in [0.717, 1.165) is 22.9 Å². The van der Waals surface area contributed by atoms with Crippen molar-refractivity contribution in [1.82, 2.24) is 0 Å². The number of carboxylic acids is 1. The number of nitro benzene ring substituents is 1.